The van der Waals surface area contributed by atoms with Crippen LogP contribution in [0.4, 0.5) is 8.78 Å². The van der Waals surface area contributed by atoms with Crippen LogP contribution < -0.4 is 5.32 Å². The van der Waals surface area contributed by atoms with Crippen molar-refractivity contribution < 1.29 is 18.1 Å². The van der Waals surface area contributed by atoms with Gasteiger partial charge in [0.1, 0.15) is 11.6 Å². The maximum atomic E-state index is 12.9. The summed E-state index contributed by atoms with van der Waals surface area (Å²) in [7, 11) is 0. The molecule has 2 aromatic carbocycles. The SMILES string of the molecule is C[C@H](NC(=O)CCc1nc(-c2ccc(F)cc2)no1)c1ccc(F)cc1. The topological polar surface area (TPSA) is 68.0 Å². The van der Waals surface area contributed by atoms with Gasteiger partial charge in [0.05, 0.1) is 6.04 Å². The summed E-state index contributed by atoms with van der Waals surface area (Å²) in [6.07, 6.45) is 0.465. The second-order valence-corrected chi connectivity index (χ2v) is 5.86. The molecule has 0 aliphatic heterocycles. The van der Waals surface area contributed by atoms with E-state index in [-0.39, 0.29) is 36.4 Å². The van der Waals surface area contributed by atoms with Gasteiger partial charge in [-0.2, -0.15) is 4.98 Å². The largest absolute Gasteiger partial charge is 0.350 e. The van der Waals surface area contributed by atoms with Gasteiger partial charge in [-0.05, 0) is 48.9 Å². The molecule has 1 heterocycles. The van der Waals surface area contributed by atoms with E-state index in [4.69, 9.17) is 4.52 Å². The molecule has 0 fully saturated rings. The lowest BCUT2D eigenvalue weighted by atomic mass is 10.1. The Kier molecular flexibility index (Phi) is 5.36. The van der Waals surface area contributed by atoms with Gasteiger partial charge in [0, 0.05) is 18.4 Å². The van der Waals surface area contributed by atoms with Crippen LogP contribution in [0.25, 0.3) is 11.4 Å². The maximum Gasteiger partial charge on any atom is 0.227 e. The second-order valence-electron chi connectivity index (χ2n) is 5.86. The van der Waals surface area contributed by atoms with Gasteiger partial charge in [0.25, 0.3) is 0 Å². The van der Waals surface area contributed by atoms with Crippen LogP contribution in [0.3, 0.4) is 0 Å². The number of carbonyl (C=O) groups is 1. The first kappa shape index (κ1) is 17.7. The van der Waals surface area contributed by atoms with E-state index < -0.39 is 0 Å². The zero-order valence-corrected chi connectivity index (χ0v) is 14.1. The average Bonchev–Trinajstić information content (AvgIpc) is 3.10. The van der Waals surface area contributed by atoms with Crippen LogP contribution in [-0.2, 0) is 11.2 Å². The summed E-state index contributed by atoms with van der Waals surface area (Å²) < 4.78 is 31.0. The van der Waals surface area contributed by atoms with Crippen molar-refractivity contribution >= 4 is 5.91 Å². The monoisotopic (exact) mass is 357 g/mol. The number of carbonyl (C=O) groups excluding carboxylic acids is 1. The molecule has 1 atom stereocenters. The van der Waals surface area contributed by atoms with E-state index in [1.54, 1.807) is 24.3 Å². The number of rotatable bonds is 6. The highest BCUT2D eigenvalue weighted by Crippen LogP contribution is 2.17. The van der Waals surface area contributed by atoms with Crippen molar-refractivity contribution in [3.05, 3.63) is 71.6 Å². The molecule has 7 heteroatoms. The molecule has 0 aliphatic rings. The van der Waals surface area contributed by atoms with Crippen LogP contribution in [0.5, 0.6) is 0 Å². The van der Waals surface area contributed by atoms with E-state index in [9.17, 15) is 13.6 Å². The molecule has 3 rings (SSSR count). The molecule has 0 unspecified atom stereocenters. The predicted octanol–water partition coefficient (Wildman–Crippen LogP) is 3.82. The third-order valence-electron chi connectivity index (χ3n) is 3.88. The summed E-state index contributed by atoms with van der Waals surface area (Å²) >= 11 is 0. The Balaban J connectivity index is 1.53. The van der Waals surface area contributed by atoms with Crippen LogP contribution in [0.15, 0.2) is 53.1 Å². The van der Waals surface area contributed by atoms with E-state index in [1.165, 1.54) is 24.3 Å². The molecule has 1 N–H and O–H groups in total. The Bertz CT molecular complexity index is 877. The van der Waals surface area contributed by atoms with Crippen molar-refractivity contribution in [3.8, 4) is 11.4 Å². The number of hydrogen-bond donors (Lipinski definition) is 1. The smallest absolute Gasteiger partial charge is 0.227 e. The van der Waals surface area contributed by atoms with Gasteiger partial charge < -0.3 is 9.84 Å². The lowest BCUT2D eigenvalue weighted by Gasteiger charge is -2.13. The van der Waals surface area contributed by atoms with E-state index in [2.05, 4.69) is 15.5 Å². The van der Waals surface area contributed by atoms with Crippen molar-refractivity contribution in [2.24, 2.45) is 0 Å². The number of nitrogens with one attached hydrogen (secondary N) is 1. The summed E-state index contributed by atoms with van der Waals surface area (Å²) in [4.78, 5) is 16.3. The van der Waals surface area contributed by atoms with Crippen molar-refractivity contribution in [2.75, 3.05) is 0 Å². The summed E-state index contributed by atoms with van der Waals surface area (Å²) in [5, 5.41) is 6.67. The number of hydrogen-bond acceptors (Lipinski definition) is 4. The maximum absolute atomic E-state index is 12.9. The molecule has 1 aromatic heterocycles. The van der Waals surface area contributed by atoms with Gasteiger partial charge in [0.15, 0.2) is 0 Å². The zero-order chi connectivity index (χ0) is 18.5. The van der Waals surface area contributed by atoms with Crippen LogP contribution in [0.2, 0.25) is 0 Å². The molecule has 134 valence electrons. The molecule has 1 amide bonds. The first-order valence-electron chi connectivity index (χ1n) is 8.14. The fourth-order valence-electron chi connectivity index (χ4n) is 2.44. The van der Waals surface area contributed by atoms with E-state index in [0.29, 0.717) is 17.3 Å². The Morgan fingerprint density at radius 3 is 2.35 bits per heavy atom. The summed E-state index contributed by atoms with van der Waals surface area (Å²) in [6.45, 7) is 1.82. The minimum Gasteiger partial charge on any atom is -0.350 e. The lowest BCUT2D eigenvalue weighted by Crippen LogP contribution is -2.26. The molecule has 0 bridgehead atoms. The molecule has 5 nitrogen and oxygen atoms in total. The molecule has 26 heavy (non-hydrogen) atoms. The Morgan fingerprint density at radius 2 is 1.69 bits per heavy atom. The van der Waals surface area contributed by atoms with E-state index in [1.807, 2.05) is 6.92 Å². The van der Waals surface area contributed by atoms with Crippen molar-refractivity contribution in [3.63, 3.8) is 0 Å². The van der Waals surface area contributed by atoms with Gasteiger partial charge in [-0.25, -0.2) is 8.78 Å². The highest BCUT2D eigenvalue weighted by molar-refractivity contribution is 5.76. The van der Waals surface area contributed by atoms with Crippen LogP contribution in [-0.4, -0.2) is 16.0 Å². The fraction of sp³-hybridized carbons (Fsp3) is 0.211. The third kappa shape index (κ3) is 4.50. The van der Waals surface area contributed by atoms with Crippen molar-refractivity contribution in [2.45, 2.75) is 25.8 Å². The molecular weight excluding hydrogens is 340 g/mol. The van der Waals surface area contributed by atoms with Gasteiger partial charge in [-0.1, -0.05) is 17.3 Å². The number of amides is 1. The van der Waals surface area contributed by atoms with E-state index in [0.717, 1.165) is 5.56 Å². The minimum absolute atomic E-state index is 0.177. The molecule has 0 saturated carbocycles. The third-order valence-corrected chi connectivity index (χ3v) is 3.88. The number of aryl methyl sites for hydroxylation is 1. The van der Waals surface area contributed by atoms with E-state index >= 15 is 0 Å². The van der Waals surface area contributed by atoms with Crippen molar-refractivity contribution in [1.29, 1.82) is 0 Å². The molecule has 0 aliphatic carbocycles. The quantitative estimate of drug-likeness (QED) is 0.728. The average molecular weight is 357 g/mol. The predicted molar refractivity (Wildman–Crippen MR) is 91.0 cm³/mol. The minimum atomic E-state index is -0.343. The Labute approximate surface area is 149 Å². The Morgan fingerprint density at radius 1 is 1.08 bits per heavy atom. The summed E-state index contributed by atoms with van der Waals surface area (Å²) in [5.41, 5.74) is 1.45. The van der Waals surface area contributed by atoms with Crippen LogP contribution in [0, 0.1) is 11.6 Å². The number of benzene rings is 2. The first-order valence-corrected chi connectivity index (χ1v) is 8.14. The highest BCUT2D eigenvalue weighted by atomic mass is 19.1. The van der Waals surface area contributed by atoms with Gasteiger partial charge >= 0.3 is 0 Å². The highest BCUT2D eigenvalue weighted by Gasteiger charge is 2.13. The first-order chi connectivity index (χ1) is 12.5. The van der Waals surface area contributed by atoms with Crippen LogP contribution >= 0.6 is 0 Å². The number of nitrogens with zero attached hydrogens (tertiary/aromatic N) is 2. The van der Waals surface area contributed by atoms with Gasteiger partial charge in [-0.15, -0.1) is 0 Å². The standard InChI is InChI=1S/C19H17F2N3O2/c1-12(13-2-6-15(20)7-3-13)22-17(25)10-11-18-23-19(24-26-18)14-4-8-16(21)9-5-14/h2-9,12H,10-11H2,1H3,(H,22,25)/t12-/m0/s1. The summed E-state index contributed by atoms with van der Waals surface area (Å²) in [6, 6.07) is 11.5. The molecule has 0 radical (unpaired) electrons. The Hall–Kier alpha value is -3.09. The molecular formula is C19H17F2N3O2. The van der Waals surface area contributed by atoms with Crippen molar-refractivity contribution in [1.82, 2.24) is 15.5 Å². The zero-order valence-electron chi connectivity index (χ0n) is 14.1. The van der Waals surface area contributed by atoms with Gasteiger partial charge in [-0.3, -0.25) is 4.79 Å². The molecule has 0 spiro atoms. The number of halogens is 2. The normalized spacial score (nSPS) is 12.0. The fourth-order valence-corrected chi connectivity index (χ4v) is 2.44. The molecule has 3 aromatic rings. The summed E-state index contributed by atoms with van der Waals surface area (Å²) in [5.74, 6) is -0.164. The van der Waals surface area contributed by atoms with Crippen LogP contribution in [0.1, 0.15) is 30.8 Å². The number of aromatic nitrogens is 2. The lowest BCUT2D eigenvalue weighted by molar-refractivity contribution is -0.121. The van der Waals surface area contributed by atoms with Gasteiger partial charge in [0.2, 0.25) is 17.6 Å². The second kappa shape index (κ2) is 7.86. The molecule has 0 saturated heterocycles.